The van der Waals surface area contributed by atoms with E-state index in [0.29, 0.717) is 17.3 Å². The fourth-order valence-corrected chi connectivity index (χ4v) is 4.55. The van der Waals surface area contributed by atoms with E-state index in [2.05, 4.69) is 26.2 Å². The number of fused-ring (bicyclic) bond motifs is 1. The summed E-state index contributed by atoms with van der Waals surface area (Å²) >= 11 is 5.01. The fraction of sp³-hybridized carbons (Fsp3) is 0.158. The molecule has 0 spiro atoms. The Labute approximate surface area is 168 Å². The van der Waals surface area contributed by atoms with Crippen molar-refractivity contribution in [2.24, 2.45) is 0 Å². The zero-order chi connectivity index (χ0) is 19.0. The minimum absolute atomic E-state index is 0.0785. The van der Waals surface area contributed by atoms with E-state index in [0.717, 1.165) is 21.4 Å². The SMILES string of the molecule is COc1cc([C@@H]2SCC(=O)Nc3ncn(-c4cccc(Br)c4)c32)ccc1O. The number of hydrogen-bond donors (Lipinski definition) is 2. The summed E-state index contributed by atoms with van der Waals surface area (Å²) in [6, 6.07) is 13.1. The second-order valence-electron chi connectivity index (χ2n) is 6.00. The molecule has 1 atom stereocenters. The molecule has 0 saturated carbocycles. The number of carbonyl (C=O) groups excluding carboxylic acids is 1. The number of amides is 1. The summed E-state index contributed by atoms with van der Waals surface area (Å²) in [5, 5.41) is 12.7. The van der Waals surface area contributed by atoms with E-state index in [1.54, 1.807) is 18.5 Å². The van der Waals surface area contributed by atoms with Gasteiger partial charge in [0.05, 0.1) is 23.8 Å². The van der Waals surface area contributed by atoms with E-state index in [1.807, 2.05) is 34.9 Å². The van der Waals surface area contributed by atoms with Crippen molar-refractivity contribution >= 4 is 39.4 Å². The molecular weight excluding hydrogens is 430 g/mol. The number of methoxy groups -OCH3 is 1. The minimum atomic E-state index is -0.157. The summed E-state index contributed by atoms with van der Waals surface area (Å²) < 4.78 is 8.19. The lowest BCUT2D eigenvalue weighted by Gasteiger charge is -2.19. The van der Waals surface area contributed by atoms with Crippen LogP contribution in [0.15, 0.2) is 53.3 Å². The number of imidazole rings is 1. The van der Waals surface area contributed by atoms with Crippen molar-refractivity contribution in [3.05, 3.63) is 64.5 Å². The van der Waals surface area contributed by atoms with Gasteiger partial charge in [0.25, 0.3) is 0 Å². The van der Waals surface area contributed by atoms with Gasteiger partial charge in [0, 0.05) is 10.2 Å². The van der Waals surface area contributed by atoms with Crippen molar-refractivity contribution in [1.29, 1.82) is 0 Å². The molecule has 2 N–H and O–H groups in total. The zero-order valence-corrected chi connectivity index (χ0v) is 16.8. The first-order chi connectivity index (χ1) is 13.1. The molecule has 0 radical (unpaired) electrons. The summed E-state index contributed by atoms with van der Waals surface area (Å²) in [5.74, 6) is 1.24. The van der Waals surface area contributed by atoms with Crippen molar-refractivity contribution in [3.8, 4) is 17.2 Å². The van der Waals surface area contributed by atoms with Crippen LogP contribution in [0.5, 0.6) is 11.5 Å². The van der Waals surface area contributed by atoms with Crippen molar-refractivity contribution in [2.75, 3.05) is 18.2 Å². The number of aromatic nitrogens is 2. The molecule has 1 aliphatic heterocycles. The third kappa shape index (κ3) is 3.42. The number of ether oxygens (including phenoxy) is 1. The number of nitrogens with zero attached hydrogens (tertiary/aromatic N) is 2. The number of hydrogen-bond acceptors (Lipinski definition) is 5. The molecule has 0 aliphatic carbocycles. The first kappa shape index (κ1) is 17.9. The molecule has 0 saturated heterocycles. The number of halogens is 1. The minimum Gasteiger partial charge on any atom is -0.504 e. The molecular formula is C19H16BrN3O3S. The maximum atomic E-state index is 12.1. The highest BCUT2D eigenvalue weighted by molar-refractivity contribution is 9.10. The monoisotopic (exact) mass is 445 g/mol. The van der Waals surface area contributed by atoms with Crippen molar-refractivity contribution in [1.82, 2.24) is 9.55 Å². The molecule has 1 amide bonds. The van der Waals surface area contributed by atoms with Gasteiger partial charge in [-0.05, 0) is 35.9 Å². The highest BCUT2D eigenvalue weighted by Gasteiger charge is 2.29. The van der Waals surface area contributed by atoms with Crippen molar-refractivity contribution < 1.29 is 14.6 Å². The Kier molecular flexibility index (Phi) is 4.84. The predicted octanol–water partition coefficient (Wildman–Crippen LogP) is 4.12. The van der Waals surface area contributed by atoms with Gasteiger partial charge in [0.15, 0.2) is 17.3 Å². The summed E-state index contributed by atoms with van der Waals surface area (Å²) in [4.78, 5) is 16.6. The number of rotatable bonds is 3. The normalized spacial score (nSPS) is 16.4. The van der Waals surface area contributed by atoms with Gasteiger partial charge in [-0.25, -0.2) is 4.98 Å². The van der Waals surface area contributed by atoms with Gasteiger partial charge < -0.3 is 15.2 Å². The van der Waals surface area contributed by atoms with Crippen molar-refractivity contribution in [3.63, 3.8) is 0 Å². The topological polar surface area (TPSA) is 76.4 Å². The van der Waals surface area contributed by atoms with Crippen LogP contribution in [-0.4, -0.2) is 33.4 Å². The molecule has 0 fully saturated rings. The lowest BCUT2D eigenvalue weighted by Crippen LogP contribution is -2.12. The second-order valence-corrected chi connectivity index (χ2v) is 8.01. The lowest BCUT2D eigenvalue weighted by atomic mass is 10.1. The first-order valence-corrected chi connectivity index (χ1v) is 10.0. The number of thioether (sulfide) groups is 1. The third-order valence-corrected chi connectivity index (χ3v) is 6.04. The van der Waals surface area contributed by atoms with Crippen LogP contribution in [0.1, 0.15) is 16.5 Å². The van der Waals surface area contributed by atoms with E-state index in [1.165, 1.54) is 18.9 Å². The van der Waals surface area contributed by atoms with Crippen LogP contribution in [0.2, 0.25) is 0 Å². The fourth-order valence-electron chi connectivity index (χ4n) is 3.05. The molecule has 0 bridgehead atoms. The van der Waals surface area contributed by atoms with E-state index < -0.39 is 0 Å². The predicted molar refractivity (Wildman–Crippen MR) is 109 cm³/mol. The molecule has 138 valence electrons. The molecule has 27 heavy (non-hydrogen) atoms. The van der Waals surface area contributed by atoms with Crippen molar-refractivity contribution in [2.45, 2.75) is 5.25 Å². The summed E-state index contributed by atoms with van der Waals surface area (Å²) in [5.41, 5.74) is 2.73. The molecule has 0 unspecified atom stereocenters. The smallest absolute Gasteiger partial charge is 0.235 e. The number of carbonyl (C=O) groups is 1. The van der Waals surface area contributed by atoms with Gasteiger partial charge in [-0.3, -0.25) is 9.36 Å². The molecule has 2 heterocycles. The Morgan fingerprint density at radius 2 is 2.19 bits per heavy atom. The Bertz CT molecular complexity index is 1020. The van der Waals surface area contributed by atoms with Gasteiger partial charge in [-0.2, -0.15) is 0 Å². The van der Waals surface area contributed by atoms with Gasteiger partial charge in [-0.1, -0.05) is 28.1 Å². The maximum absolute atomic E-state index is 12.1. The van der Waals surface area contributed by atoms with Gasteiger partial charge in [0.2, 0.25) is 5.91 Å². The van der Waals surface area contributed by atoms with Crippen LogP contribution in [0, 0.1) is 0 Å². The third-order valence-electron chi connectivity index (χ3n) is 4.28. The average molecular weight is 446 g/mol. The molecule has 3 aromatic rings. The number of phenols is 1. The number of aromatic hydroxyl groups is 1. The largest absolute Gasteiger partial charge is 0.504 e. The zero-order valence-electron chi connectivity index (χ0n) is 14.3. The molecule has 2 aromatic carbocycles. The Hall–Kier alpha value is -2.45. The lowest BCUT2D eigenvalue weighted by molar-refractivity contribution is -0.113. The van der Waals surface area contributed by atoms with E-state index in [-0.39, 0.29) is 16.9 Å². The van der Waals surface area contributed by atoms with E-state index in [4.69, 9.17) is 4.74 Å². The van der Waals surface area contributed by atoms with E-state index >= 15 is 0 Å². The highest BCUT2D eigenvalue weighted by Crippen LogP contribution is 2.44. The van der Waals surface area contributed by atoms with Crippen LogP contribution in [0.3, 0.4) is 0 Å². The van der Waals surface area contributed by atoms with Crippen LogP contribution < -0.4 is 10.1 Å². The number of phenolic OH excluding ortho intramolecular Hbond substituents is 1. The van der Waals surface area contributed by atoms with Gasteiger partial charge in [0.1, 0.15) is 6.33 Å². The first-order valence-electron chi connectivity index (χ1n) is 8.18. The Balaban J connectivity index is 1.88. The number of benzene rings is 2. The van der Waals surface area contributed by atoms with Crippen LogP contribution >= 0.6 is 27.7 Å². The molecule has 1 aromatic heterocycles. The molecule has 1 aliphatic rings. The molecule has 4 rings (SSSR count). The maximum Gasteiger partial charge on any atom is 0.235 e. The van der Waals surface area contributed by atoms with Gasteiger partial charge >= 0.3 is 0 Å². The summed E-state index contributed by atoms with van der Waals surface area (Å²) in [6.07, 6.45) is 1.71. The number of nitrogens with one attached hydrogen (secondary N) is 1. The van der Waals surface area contributed by atoms with Gasteiger partial charge in [-0.15, -0.1) is 11.8 Å². The average Bonchev–Trinajstić information content (AvgIpc) is 2.98. The Morgan fingerprint density at radius 3 is 2.96 bits per heavy atom. The van der Waals surface area contributed by atoms with E-state index in [9.17, 15) is 9.90 Å². The van der Waals surface area contributed by atoms with Crippen LogP contribution in [0.4, 0.5) is 5.82 Å². The standard InChI is InChI=1S/C19H16BrN3O3S/c1-26-15-7-11(5-6-14(15)24)18-17-19(22-16(25)9-27-18)21-10-23(17)13-4-2-3-12(20)8-13/h2-8,10,18,24H,9H2,1H3,(H,22,25)/t18-/m0/s1. The summed E-state index contributed by atoms with van der Waals surface area (Å²) in [6.45, 7) is 0. The molecule has 8 heteroatoms. The molecule has 6 nitrogen and oxygen atoms in total. The number of anilines is 1. The highest BCUT2D eigenvalue weighted by atomic mass is 79.9. The quantitative estimate of drug-likeness (QED) is 0.633. The Morgan fingerprint density at radius 1 is 1.33 bits per heavy atom. The van der Waals surface area contributed by atoms with Crippen LogP contribution in [0.25, 0.3) is 5.69 Å². The summed E-state index contributed by atoms with van der Waals surface area (Å²) in [7, 11) is 1.52. The van der Waals surface area contributed by atoms with Crippen LogP contribution in [-0.2, 0) is 4.79 Å². The second kappa shape index (κ2) is 7.28.